The molecule has 0 spiro atoms. The molecule has 3 aromatic rings. The summed E-state index contributed by atoms with van der Waals surface area (Å²) >= 11 is 0. The molecular formula is C21H22N2O. The lowest BCUT2D eigenvalue weighted by molar-refractivity contribution is -0.122. The smallest absolute Gasteiger partial charge is 0.240 e. The third kappa shape index (κ3) is 2.71. The maximum atomic E-state index is 12.7. The second-order valence-corrected chi connectivity index (χ2v) is 6.64. The Labute approximate surface area is 142 Å². The Morgan fingerprint density at radius 2 is 1.96 bits per heavy atom. The van der Waals surface area contributed by atoms with Crippen LogP contribution in [-0.4, -0.2) is 10.5 Å². The molecule has 0 radical (unpaired) electrons. The van der Waals surface area contributed by atoms with E-state index in [2.05, 4.69) is 59.3 Å². The average Bonchev–Trinajstić information content (AvgIpc) is 2.91. The summed E-state index contributed by atoms with van der Waals surface area (Å²) in [6, 6.07) is 19.0. The number of nitrogens with one attached hydrogen (secondary N) is 1. The molecule has 1 aliphatic rings. The molecule has 0 fully saturated rings. The highest BCUT2D eigenvalue weighted by atomic mass is 16.2. The van der Waals surface area contributed by atoms with Crippen molar-refractivity contribution < 1.29 is 4.79 Å². The quantitative estimate of drug-likeness (QED) is 0.773. The van der Waals surface area contributed by atoms with E-state index in [-0.39, 0.29) is 11.9 Å². The minimum Gasteiger partial charge on any atom is -0.348 e. The number of aryl methyl sites for hydroxylation is 2. The number of carbonyl (C=O) groups is 1. The molecule has 0 saturated heterocycles. The van der Waals surface area contributed by atoms with Gasteiger partial charge in [0.15, 0.2) is 0 Å². The Morgan fingerprint density at radius 3 is 2.88 bits per heavy atom. The Bertz CT molecular complexity index is 894. The summed E-state index contributed by atoms with van der Waals surface area (Å²) < 4.78 is 2.10. The largest absolute Gasteiger partial charge is 0.348 e. The summed E-state index contributed by atoms with van der Waals surface area (Å²) in [6.45, 7) is 2.43. The highest BCUT2D eigenvalue weighted by molar-refractivity contribution is 5.84. The molecule has 1 amide bonds. The lowest BCUT2D eigenvalue weighted by atomic mass is 9.88. The topological polar surface area (TPSA) is 34.0 Å². The van der Waals surface area contributed by atoms with Crippen LogP contribution < -0.4 is 5.32 Å². The van der Waals surface area contributed by atoms with Crippen LogP contribution in [0.15, 0.2) is 54.6 Å². The number of rotatable bonds is 3. The number of para-hydroxylation sites is 1. The van der Waals surface area contributed by atoms with Crippen LogP contribution in [0.2, 0.25) is 0 Å². The van der Waals surface area contributed by atoms with Crippen LogP contribution >= 0.6 is 0 Å². The number of amides is 1. The molecule has 0 aliphatic heterocycles. The van der Waals surface area contributed by atoms with Crippen LogP contribution in [0.3, 0.4) is 0 Å². The Kier molecular flexibility index (Phi) is 3.85. The minimum atomic E-state index is 0.0844. The van der Waals surface area contributed by atoms with Crippen molar-refractivity contribution in [3.8, 4) is 0 Å². The molecular weight excluding hydrogens is 296 g/mol. The van der Waals surface area contributed by atoms with Crippen molar-refractivity contribution in [3.05, 3.63) is 71.4 Å². The maximum Gasteiger partial charge on any atom is 0.240 e. The van der Waals surface area contributed by atoms with E-state index in [1.165, 1.54) is 16.5 Å². The first-order chi connectivity index (χ1) is 11.7. The number of fused-ring (bicyclic) bond motifs is 2. The van der Waals surface area contributed by atoms with Gasteiger partial charge in [-0.25, -0.2) is 0 Å². The van der Waals surface area contributed by atoms with Crippen LogP contribution in [0, 0.1) is 6.92 Å². The first-order valence-corrected chi connectivity index (χ1v) is 8.64. The lowest BCUT2D eigenvalue weighted by Gasteiger charge is -2.26. The van der Waals surface area contributed by atoms with Gasteiger partial charge in [0.25, 0.3) is 0 Å². The molecule has 0 saturated carbocycles. The van der Waals surface area contributed by atoms with Gasteiger partial charge in [-0.15, -0.1) is 0 Å². The van der Waals surface area contributed by atoms with Crippen molar-refractivity contribution in [2.75, 3.05) is 0 Å². The SMILES string of the molecule is Cc1cc2ccccc2n1CC(=O)NC1CCCc2ccccc21. The fraction of sp³-hybridized carbons (Fsp3) is 0.286. The van der Waals surface area contributed by atoms with Crippen molar-refractivity contribution >= 4 is 16.8 Å². The zero-order valence-corrected chi connectivity index (χ0v) is 14.0. The normalized spacial score (nSPS) is 16.8. The third-order valence-corrected chi connectivity index (χ3v) is 5.02. The lowest BCUT2D eigenvalue weighted by Crippen LogP contribution is -2.33. The van der Waals surface area contributed by atoms with E-state index in [0.717, 1.165) is 30.5 Å². The number of hydrogen-bond donors (Lipinski definition) is 1. The van der Waals surface area contributed by atoms with E-state index in [9.17, 15) is 4.79 Å². The first-order valence-electron chi connectivity index (χ1n) is 8.64. The van der Waals surface area contributed by atoms with Gasteiger partial charge in [0.05, 0.1) is 6.04 Å². The number of nitrogens with zero attached hydrogens (tertiary/aromatic N) is 1. The highest BCUT2D eigenvalue weighted by Gasteiger charge is 2.21. The van der Waals surface area contributed by atoms with E-state index in [0.29, 0.717) is 6.54 Å². The molecule has 0 bridgehead atoms. The molecule has 3 nitrogen and oxygen atoms in total. The van der Waals surface area contributed by atoms with Crippen LogP contribution in [0.1, 0.15) is 35.7 Å². The van der Waals surface area contributed by atoms with Gasteiger partial charge in [-0.3, -0.25) is 4.79 Å². The monoisotopic (exact) mass is 318 g/mol. The van der Waals surface area contributed by atoms with Crippen LogP contribution in [0.25, 0.3) is 10.9 Å². The predicted molar refractivity (Wildman–Crippen MR) is 96.9 cm³/mol. The number of aromatic nitrogens is 1. The fourth-order valence-corrected chi connectivity index (χ4v) is 3.85. The fourth-order valence-electron chi connectivity index (χ4n) is 3.85. The van der Waals surface area contributed by atoms with Gasteiger partial charge in [0.1, 0.15) is 6.54 Å². The van der Waals surface area contributed by atoms with Gasteiger partial charge < -0.3 is 9.88 Å². The number of carbonyl (C=O) groups excluding carboxylic acids is 1. The Morgan fingerprint density at radius 1 is 1.17 bits per heavy atom. The van der Waals surface area contributed by atoms with Gasteiger partial charge in [-0.1, -0.05) is 42.5 Å². The molecule has 3 heteroatoms. The van der Waals surface area contributed by atoms with Crippen LogP contribution in [0.4, 0.5) is 0 Å². The summed E-state index contributed by atoms with van der Waals surface area (Å²) in [5.41, 5.74) is 4.90. The van der Waals surface area contributed by atoms with Crippen molar-refractivity contribution in [1.29, 1.82) is 0 Å². The second-order valence-electron chi connectivity index (χ2n) is 6.64. The molecule has 1 aliphatic carbocycles. The molecule has 4 rings (SSSR count). The van der Waals surface area contributed by atoms with Gasteiger partial charge in [-0.2, -0.15) is 0 Å². The standard InChI is InChI=1S/C21H22N2O/c1-15-13-17-8-3-5-12-20(17)23(15)14-21(24)22-19-11-6-9-16-7-2-4-10-18(16)19/h2-5,7-8,10,12-13,19H,6,9,11,14H2,1H3,(H,22,24). The molecule has 1 unspecified atom stereocenters. The minimum absolute atomic E-state index is 0.0844. The van der Waals surface area contributed by atoms with E-state index in [1.54, 1.807) is 0 Å². The van der Waals surface area contributed by atoms with Crippen molar-refractivity contribution in [1.82, 2.24) is 9.88 Å². The van der Waals surface area contributed by atoms with Crippen LogP contribution in [-0.2, 0) is 17.8 Å². The Hall–Kier alpha value is -2.55. The first kappa shape index (κ1) is 15.0. The molecule has 1 aromatic heterocycles. The maximum absolute atomic E-state index is 12.7. The molecule has 2 aromatic carbocycles. The average molecular weight is 318 g/mol. The highest BCUT2D eigenvalue weighted by Crippen LogP contribution is 2.29. The number of benzene rings is 2. The predicted octanol–water partition coefficient (Wildman–Crippen LogP) is 4.14. The van der Waals surface area contributed by atoms with Crippen molar-refractivity contribution in [2.24, 2.45) is 0 Å². The Balaban J connectivity index is 1.54. The van der Waals surface area contributed by atoms with E-state index >= 15 is 0 Å². The summed E-state index contributed by atoms with van der Waals surface area (Å²) in [5, 5.41) is 4.43. The van der Waals surface area contributed by atoms with Crippen molar-refractivity contribution in [2.45, 2.75) is 38.8 Å². The van der Waals surface area contributed by atoms with Crippen LogP contribution in [0.5, 0.6) is 0 Å². The van der Waals surface area contributed by atoms with Gasteiger partial charge in [0.2, 0.25) is 5.91 Å². The summed E-state index contributed by atoms with van der Waals surface area (Å²) in [7, 11) is 0. The van der Waals surface area contributed by atoms with E-state index in [1.807, 2.05) is 12.1 Å². The van der Waals surface area contributed by atoms with E-state index in [4.69, 9.17) is 0 Å². The number of hydrogen-bond acceptors (Lipinski definition) is 1. The molecule has 1 atom stereocenters. The van der Waals surface area contributed by atoms with Crippen molar-refractivity contribution in [3.63, 3.8) is 0 Å². The zero-order valence-electron chi connectivity index (χ0n) is 14.0. The van der Waals surface area contributed by atoms with Gasteiger partial charge in [0, 0.05) is 11.2 Å². The summed E-state index contributed by atoms with van der Waals surface area (Å²) in [4.78, 5) is 12.7. The molecule has 122 valence electrons. The van der Waals surface area contributed by atoms with Gasteiger partial charge in [-0.05, 0) is 54.8 Å². The molecule has 1 heterocycles. The summed E-state index contributed by atoms with van der Waals surface area (Å²) in [6.07, 6.45) is 3.27. The third-order valence-electron chi connectivity index (χ3n) is 5.02. The zero-order chi connectivity index (χ0) is 16.5. The second kappa shape index (κ2) is 6.16. The molecule has 1 N–H and O–H groups in total. The van der Waals surface area contributed by atoms with E-state index < -0.39 is 0 Å². The molecule has 24 heavy (non-hydrogen) atoms. The summed E-state index contributed by atoms with van der Waals surface area (Å²) in [5.74, 6) is 0.0844. The van der Waals surface area contributed by atoms with Gasteiger partial charge >= 0.3 is 0 Å².